The lowest BCUT2D eigenvalue weighted by Gasteiger charge is -2.33. The average molecular weight is 407 g/mol. The second-order valence-electron chi connectivity index (χ2n) is 8.44. The van der Waals surface area contributed by atoms with Crippen LogP contribution in [-0.2, 0) is 16.0 Å². The Bertz CT molecular complexity index is 862. The molecule has 0 aromatic heterocycles. The van der Waals surface area contributed by atoms with E-state index in [4.69, 9.17) is 4.74 Å². The van der Waals surface area contributed by atoms with E-state index < -0.39 is 0 Å². The number of hydrogen-bond acceptors (Lipinski definition) is 3. The Morgan fingerprint density at radius 3 is 2.47 bits per heavy atom. The zero-order chi connectivity index (χ0) is 20.9. The Morgan fingerprint density at radius 2 is 1.80 bits per heavy atom. The van der Waals surface area contributed by atoms with E-state index in [9.17, 15) is 9.59 Å². The molecule has 1 heterocycles. The lowest BCUT2D eigenvalue weighted by Crippen LogP contribution is -2.46. The molecule has 2 aliphatic rings. The van der Waals surface area contributed by atoms with E-state index >= 15 is 0 Å². The molecule has 4 rings (SSSR count). The Morgan fingerprint density at radius 1 is 1.07 bits per heavy atom. The summed E-state index contributed by atoms with van der Waals surface area (Å²) < 4.78 is 5.25. The number of rotatable bonds is 7. The summed E-state index contributed by atoms with van der Waals surface area (Å²) in [5.74, 6) is 1.35. The van der Waals surface area contributed by atoms with E-state index in [0.29, 0.717) is 18.9 Å². The van der Waals surface area contributed by atoms with Gasteiger partial charge in [-0.05, 0) is 54.9 Å². The van der Waals surface area contributed by atoms with E-state index in [2.05, 4.69) is 5.32 Å². The van der Waals surface area contributed by atoms with Crippen LogP contribution in [0.25, 0.3) is 0 Å². The molecule has 2 atom stereocenters. The molecule has 2 fully saturated rings. The van der Waals surface area contributed by atoms with Gasteiger partial charge in [-0.15, -0.1) is 0 Å². The molecule has 5 heteroatoms. The van der Waals surface area contributed by atoms with Crippen molar-refractivity contribution in [2.75, 3.05) is 20.2 Å². The molecule has 1 aliphatic heterocycles. The van der Waals surface area contributed by atoms with Gasteiger partial charge in [-0.25, -0.2) is 0 Å². The van der Waals surface area contributed by atoms with Crippen molar-refractivity contribution in [2.45, 2.75) is 38.1 Å². The van der Waals surface area contributed by atoms with Crippen molar-refractivity contribution in [2.24, 2.45) is 11.8 Å². The second kappa shape index (κ2) is 9.33. The largest absolute Gasteiger partial charge is 0.497 e. The minimum atomic E-state index is -0.141. The Kier molecular flexibility index (Phi) is 6.36. The molecule has 30 heavy (non-hydrogen) atoms. The van der Waals surface area contributed by atoms with Crippen molar-refractivity contribution in [1.82, 2.24) is 10.2 Å². The fourth-order valence-corrected chi connectivity index (χ4v) is 4.29. The molecular weight excluding hydrogens is 376 g/mol. The number of likely N-dealkylation sites (tertiary alicyclic amines) is 1. The quantitative estimate of drug-likeness (QED) is 0.762. The van der Waals surface area contributed by atoms with Gasteiger partial charge in [-0.3, -0.25) is 9.59 Å². The molecule has 5 nitrogen and oxygen atoms in total. The van der Waals surface area contributed by atoms with Gasteiger partial charge >= 0.3 is 0 Å². The molecule has 1 saturated carbocycles. The highest BCUT2D eigenvalue weighted by Gasteiger charge is 2.36. The maximum atomic E-state index is 13.1. The first-order valence-corrected chi connectivity index (χ1v) is 10.9. The SMILES string of the molecule is COc1ccc(C(NC(=O)C2CCCN(C(=O)Cc3ccccc3)C2)C2CC2)cc1. The number of piperidine rings is 1. The molecule has 2 unspecified atom stereocenters. The van der Waals surface area contributed by atoms with E-state index in [1.165, 1.54) is 0 Å². The fourth-order valence-electron chi connectivity index (χ4n) is 4.29. The molecule has 1 saturated heterocycles. The third kappa shape index (κ3) is 5.02. The highest BCUT2D eigenvalue weighted by molar-refractivity contribution is 5.82. The third-order valence-corrected chi connectivity index (χ3v) is 6.21. The van der Waals surface area contributed by atoms with Crippen LogP contribution in [0, 0.1) is 11.8 Å². The first-order chi connectivity index (χ1) is 14.6. The first-order valence-electron chi connectivity index (χ1n) is 10.9. The average Bonchev–Trinajstić information content (AvgIpc) is 3.63. The van der Waals surface area contributed by atoms with Crippen LogP contribution < -0.4 is 10.1 Å². The molecular formula is C25H30N2O3. The molecule has 2 aromatic carbocycles. The number of carbonyl (C=O) groups excluding carboxylic acids is 2. The molecule has 158 valence electrons. The summed E-state index contributed by atoms with van der Waals surface area (Å²) in [4.78, 5) is 27.7. The second-order valence-corrected chi connectivity index (χ2v) is 8.44. The number of nitrogens with one attached hydrogen (secondary N) is 1. The van der Waals surface area contributed by atoms with Crippen LogP contribution in [0.4, 0.5) is 0 Å². The van der Waals surface area contributed by atoms with Gasteiger partial charge < -0.3 is 15.0 Å². The number of benzene rings is 2. The van der Waals surface area contributed by atoms with E-state index in [0.717, 1.165) is 49.1 Å². The van der Waals surface area contributed by atoms with Crippen molar-refractivity contribution in [3.63, 3.8) is 0 Å². The van der Waals surface area contributed by atoms with Crippen molar-refractivity contribution in [1.29, 1.82) is 0 Å². The molecule has 0 bridgehead atoms. The maximum Gasteiger partial charge on any atom is 0.227 e. The molecule has 2 amide bonds. The number of hydrogen-bond donors (Lipinski definition) is 1. The van der Waals surface area contributed by atoms with Gasteiger partial charge in [0.1, 0.15) is 5.75 Å². The summed E-state index contributed by atoms with van der Waals surface area (Å²) in [5, 5.41) is 3.29. The van der Waals surface area contributed by atoms with E-state index in [-0.39, 0.29) is 23.8 Å². The fraction of sp³-hybridized carbons (Fsp3) is 0.440. The lowest BCUT2D eigenvalue weighted by molar-refractivity contribution is -0.135. The summed E-state index contributed by atoms with van der Waals surface area (Å²) in [6.07, 6.45) is 4.38. The van der Waals surface area contributed by atoms with Crippen molar-refractivity contribution in [3.05, 3.63) is 65.7 Å². The molecule has 1 N–H and O–H groups in total. The van der Waals surface area contributed by atoms with Crippen LogP contribution in [0.5, 0.6) is 5.75 Å². The van der Waals surface area contributed by atoms with Crippen molar-refractivity contribution in [3.8, 4) is 5.75 Å². The van der Waals surface area contributed by atoms with Crippen LogP contribution in [0.3, 0.4) is 0 Å². The topological polar surface area (TPSA) is 58.6 Å². The van der Waals surface area contributed by atoms with Gasteiger partial charge in [-0.2, -0.15) is 0 Å². The third-order valence-electron chi connectivity index (χ3n) is 6.21. The zero-order valence-corrected chi connectivity index (χ0v) is 17.5. The molecule has 1 aliphatic carbocycles. The van der Waals surface area contributed by atoms with Crippen LogP contribution in [0.2, 0.25) is 0 Å². The van der Waals surface area contributed by atoms with E-state index in [1.54, 1.807) is 7.11 Å². The van der Waals surface area contributed by atoms with Gasteiger partial charge in [0.05, 0.1) is 25.5 Å². The number of methoxy groups -OCH3 is 1. The summed E-state index contributed by atoms with van der Waals surface area (Å²) in [7, 11) is 1.66. The predicted octanol–water partition coefficient (Wildman–Crippen LogP) is 3.74. The van der Waals surface area contributed by atoms with Crippen molar-refractivity contribution < 1.29 is 14.3 Å². The number of nitrogens with zero attached hydrogens (tertiary/aromatic N) is 1. The Balaban J connectivity index is 1.37. The Labute approximate surface area is 178 Å². The minimum absolute atomic E-state index is 0.0406. The standard InChI is InChI=1S/C25H30N2O3/c1-30-22-13-11-20(12-14-22)24(19-9-10-19)26-25(29)21-8-5-15-27(17-21)23(28)16-18-6-3-2-4-7-18/h2-4,6-7,11-14,19,21,24H,5,8-10,15-17H2,1H3,(H,26,29). The lowest BCUT2D eigenvalue weighted by atomic mass is 9.94. The van der Waals surface area contributed by atoms with Gasteiger partial charge in [0.2, 0.25) is 11.8 Å². The Hall–Kier alpha value is -2.82. The highest BCUT2D eigenvalue weighted by atomic mass is 16.5. The van der Waals surface area contributed by atoms with Gasteiger partial charge in [0, 0.05) is 13.1 Å². The van der Waals surface area contributed by atoms with Crippen molar-refractivity contribution >= 4 is 11.8 Å². The van der Waals surface area contributed by atoms with Crippen LogP contribution in [0.1, 0.15) is 42.9 Å². The van der Waals surface area contributed by atoms with E-state index in [1.807, 2.05) is 59.5 Å². The summed E-state index contributed by atoms with van der Waals surface area (Å²) >= 11 is 0. The number of amides is 2. The predicted molar refractivity (Wildman–Crippen MR) is 116 cm³/mol. The smallest absolute Gasteiger partial charge is 0.227 e. The molecule has 0 spiro atoms. The maximum absolute atomic E-state index is 13.1. The number of ether oxygens (including phenoxy) is 1. The number of carbonyl (C=O) groups is 2. The van der Waals surface area contributed by atoms with Gasteiger partial charge in [0.15, 0.2) is 0 Å². The van der Waals surface area contributed by atoms with Crippen LogP contribution in [-0.4, -0.2) is 36.9 Å². The molecule has 2 aromatic rings. The monoisotopic (exact) mass is 406 g/mol. The normalized spacial score (nSPS) is 19.8. The summed E-state index contributed by atoms with van der Waals surface area (Å²) in [6.45, 7) is 1.25. The first kappa shape index (κ1) is 20.5. The van der Waals surface area contributed by atoms with Gasteiger partial charge in [0.25, 0.3) is 0 Å². The highest BCUT2D eigenvalue weighted by Crippen LogP contribution is 2.41. The van der Waals surface area contributed by atoms with Gasteiger partial charge in [-0.1, -0.05) is 42.5 Å². The summed E-state index contributed by atoms with van der Waals surface area (Å²) in [5.41, 5.74) is 2.14. The van der Waals surface area contributed by atoms with Crippen LogP contribution in [0.15, 0.2) is 54.6 Å². The summed E-state index contributed by atoms with van der Waals surface area (Å²) in [6, 6.07) is 17.8. The zero-order valence-electron chi connectivity index (χ0n) is 17.5. The van der Waals surface area contributed by atoms with Crippen LogP contribution >= 0.6 is 0 Å². The molecule has 0 radical (unpaired) electrons. The minimum Gasteiger partial charge on any atom is -0.497 e.